The number of nitrogens with one attached hydrogen (secondary N) is 2. The molecular weight excluding hydrogens is 614 g/mol. The summed E-state index contributed by atoms with van der Waals surface area (Å²) < 4.78 is 21.7. The monoisotopic (exact) mass is 661 g/mol. The molecule has 258 valence electrons. The molecule has 2 amide bonds. The van der Waals surface area contributed by atoms with Crippen LogP contribution in [0.2, 0.25) is 0 Å². The summed E-state index contributed by atoms with van der Waals surface area (Å²) in [5, 5.41) is 16.6. The van der Waals surface area contributed by atoms with Gasteiger partial charge in [-0.3, -0.25) is 4.79 Å². The molecule has 0 saturated carbocycles. The maximum Gasteiger partial charge on any atom is 0.407 e. The number of aliphatic hydroxyl groups is 1. The lowest BCUT2D eigenvalue weighted by molar-refractivity contribution is -0.151. The van der Waals surface area contributed by atoms with Gasteiger partial charge in [0.2, 0.25) is 0 Å². The second-order valence-electron chi connectivity index (χ2n) is 12.1. The zero-order valence-corrected chi connectivity index (χ0v) is 27.6. The van der Waals surface area contributed by atoms with Gasteiger partial charge in [-0.15, -0.1) is 0 Å². The number of aliphatic hydroxyl groups excluding tert-OH is 1. The third kappa shape index (κ3) is 10.6. The lowest BCUT2D eigenvalue weighted by Gasteiger charge is -2.26. The van der Waals surface area contributed by atoms with Gasteiger partial charge in [-0.05, 0) is 46.6 Å². The number of hydrogen-bond donors (Lipinski definition) is 4. The normalized spacial score (nSPS) is 14.0. The number of carbonyl (C=O) groups is 3. The molecule has 1 aliphatic rings. The maximum absolute atomic E-state index is 13.4. The van der Waals surface area contributed by atoms with E-state index in [4.69, 9.17) is 24.7 Å². The molecule has 11 nitrogen and oxygen atoms in total. The van der Waals surface area contributed by atoms with Crippen LogP contribution in [0.1, 0.15) is 42.9 Å². The third-order valence-electron chi connectivity index (χ3n) is 8.01. The van der Waals surface area contributed by atoms with E-state index in [2.05, 4.69) is 22.8 Å². The van der Waals surface area contributed by atoms with Crippen molar-refractivity contribution in [1.82, 2.24) is 10.6 Å². The largest absolute Gasteiger partial charge is 0.462 e. The molecule has 4 rings (SSSR count). The van der Waals surface area contributed by atoms with E-state index in [0.717, 1.165) is 27.8 Å². The summed E-state index contributed by atoms with van der Waals surface area (Å²) in [6.07, 6.45) is -2.03. The van der Waals surface area contributed by atoms with Gasteiger partial charge in [0.25, 0.3) is 5.91 Å². The lowest BCUT2D eigenvalue weighted by atomic mass is 9.98. The van der Waals surface area contributed by atoms with Crippen LogP contribution in [0, 0.1) is 5.92 Å². The van der Waals surface area contributed by atoms with Crippen LogP contribution in [-0.4, -0.2) is 87.4 Å². The smallest absolute Gasteiger partial charge is 0.407 e. The molecule has 0 unspecified atom stereocenters. The number of rotatable bonds is 19. The fraction of sp³-hybridized carbons (Fsp3) is 0.432. The zero-order chi connectivity index (χ0) is 34.3. The fourth-order valence-corrected chi connectivity index (χ4v) is 5.73. The summed E-state index contributed by atoms with van der Waals surface area (Å²) in [4.78, 5) is 39.5. The Hall–Kier alpha value is -4.29. The standard InChI is InChI=1S/C37H47N3O8/c1-25(2)22-33(36(43)47-21-20-46-19-18-45-17-16-38)39-35(42)34(41)32(23-26-10-4-3-5-11-26)40-37(44)48-24-31-29-14-8-6-12-27(29)28-13-7-9-15-30(28)31/h3-15,25,31-34,41H,16-24,38H2,1-2H3,(H,39,42)(H,40,44)/t32-,33-,34+/m1/s1. The molecule has 11 heteroatoms. The minimum absolute atomic E-state index is 0.0112. The summed E-state index contributed by atoms with van der Waals surface area (Å²) in [7, 11) is 0. The molecule has 48 heavy (non-hydrogen) atoms. The first-order valence-corrected chi connectivity index (χ1v) is 16.4. The second-order valence-corrected chi connectivity index (χ2v) is 12.1. The van der Waals surface area contributed by atoms with Crippen LogP contribution in [0.5, 0.6) is 0 Å². The van der Waals surface area contributed by atoms with Crippen LogP contribution in [0.25, 0.3) is 11.1 Å². The van der Waals surface area contributed by atoms with Gasteiger partial charge >= 0.3 is 12.1 Å². The van der Waals surface area contributed by atoms with Crippen LogP contribution >= 0.6 is 0 Å². The van der Waals surface area contributed by atoms with E-state index in [0.29, 0.717) is 26.4 Å². The summed E-state index contributed by atoms with van der Waals surface area (Å²) >= 11 is 0. The Morgan fingerprint density at radius 1 is 0.771 bits per heavy atom. The van der Waals surface area contributed by atoms with Crippen LogP contribution in [0.15, 0.2) is 78.9 Å². The van der Waals surface area contributed by atoms with Gasteiger partial charge in [0.05, 0.1) is 32.5 Å². The summed E-state index contributed by atoms with van der Waals surface area (Å²) in [6.45, 7) is 5.61. The molecule has 3 aromatic rings. The number of carbonyl (C=O) groups excluding carboxylic acids is 3. The molecule has 1 aliphatic carbocycles. The van der Waals surface area contributed by atoms with Crippen molar-refractivity contribution in [2.45, 2.75) is 50.8 Å². The number of fused-ring (bicyclic) bond motifs is 3. The van der Waals surface area contributed by atoms with E-state index in [1.54, 1.807) is 0 Å². The Labute approximate surface area is 282 Å². The van der Waals surface area contributed by atoms with Crippen molar-refractivity contribution in [2.24, 2.45) is 11.7 Å². The van der Waals surface area contributed by atoms with Gasteiger partial charge in [-0.25, -0.2) is 9.59 Å². The number of benzene rings is 3. The lowest BCUT2D eigenvalue weighted by Crippen LogP contribution is -2.55. The molecule has 0 saturated heterocycles. The van der Waals surface area contributed by atoms with Crippen molar-refractivity contribution < 1.29 is 38.4 Å². The van der Waals surface area contributed by atoms with Crippen LogP contribution < -0.4 is 16.4 Å². The fourth-order valence-electron chi connectivity index (χ4n) is 5.73. The topological polar surface area (TPSA) is 158 Å². The third-order valence-corrected chi connectivity index (χ3v) is 8.01. The first-order chi connectivity index (χ1) is 23.3. The van der Waals surface area contributed by atoms with Gasteiger partial charge in [-0.1, -0.05) is 92.7 Å². The molecule has 0 heterocycles. The first-order valence-electron chi connectivity index (χ1n) is 16.4. The number of amides is 2. The average Bonchev–Trinajstić information content (AvgIpc) is 3.41. The molecule has 5 N–H and O–H groups in total. The number of alkyl carbamates (subject to hydrolysis) is 1. The second kappa shape index (κ2) is 18.9. The summed E-state index contributed by atoms with van der Waals surface area (Å²) in [6, 6.07) is 23.2. The Bertz CT molecular complexity index is 1420. The summed E-state index contributed by atoms with van der Waals surface area (Å²) in [5.41, 5.74) is 10.5. The van der Waals surface area contributed by atoms with Gasteiger partial charge < -0.3 is 40.4 Å². The van der Waals surface area contributed by atoms with Crippen molar-refractivity contribution in [3.63, 3.8) is 0 Å². The SMILES string of the molecule is CC(C)C[C@@H](NC(=O)[C@@H](O)[C@@H](Cc1ccccc1)NC(=O)OCC1c2ccccc2-c2ccccc21)C(=O)OCCOCCOCCN. The highest BCUT2D eigenvalue weighted by atomic mass is 16.6. The van der Waals surface area contributed by atoms with Crippen molar-refractivity contribution in [1.29, 1.82) is 0 Å². The minimum atomic E-state index is -1.69. The number of esters is 1. The van der Waals surface area contributed by atoms with Gasteiger partial charge in [-0.2, -0.15) is 0 Å². The molecule has 0 bridgehead atoms. The predicted octanol–water partition coefficient (Wildman–Crippen LogP) is 3.56. The Kier molecular flexibility index (Phi) is 14.4. The van der Waals surface area contributed by atoms with E-state index >= 15 is 0 Å². The number of hydrogen-bond acceptors (Lipinski definition) is 9. The van der Waals surface area contributed by atoms with E-state index in [1.165, 1.54) is 0 Å². The van der Waals surface area contributed by atoms with E-state index < -0.39 is 36.2 Å². The van der Waals surface area contributed by atoms with Crippen molar-refractivity contribution in [3.8, 4) is 11.1 Å². The zero-order valence-electron chi connectivity index (χ0n) is 27.6. The predicted molar refractivity (Wildman–Crippen MR) is 181 cm³/mol. The molecule has 0 radical (unpaired) electrons. The van der Waals surface area contributed by atoms with E-state index in [-0.39, 0.29) is 44.5 Å². The van der Waals surface area contributed by atoms with Gasteiger partial charge in [0, 0.05) is 12.5 Å². The van der Waals surface area contributed by atoms with Crippen molar-refractivity contribution in [2.75, 3.05) is 46.2 Å². The molecule has 0 spiro atoms. The first kappa shape index (κ1) is 36.5. The van der Waals surface area contributed by atoms with Gasteiger partial charge in [0.15, 0.2) is 6.10 Å². The van der Waals surface area contributed by atoms with Crippen LogP contribution in [0.3, 0.4) is 0 Å². The maximum atomic E-state index is 13.4. The average molecular weight is 662 g/mol. The Balaban J connectivity index is 1.37. The molecule has 3 atom stereocenters. The van der Waals surface area contributed by atoms with E-state index in [9.17, 15) is 19.5 Å². The van der Waals surface area contributed by atoms with E-state index in [1.807, 2.05) is 80.6 Å². The molecule has 3 aromatic carbocycles. The van der Waals surface area contributed by atoms with Gasteiger partial charge in [0.1, 0.15) is 19.3 Å². The highest BCUT2D eigenvalue weighted by Gasteiger charge is 2.33. The molecular formula is C37H47N3O8. The van der Waals surface area contributed by atoms with Crippen molar-refractivity contribution >= 4 is 18.0 Å². The van der Waals surface area contributed by atoms with Crippen LogP contribution in [-0.2, 0) is 35.0 Å². The molecule has 0 aliphatic heterocycles. The number of ether oxygens (including phenoxy) is 4. The highest BCUT2D eigenvalue weighted by molar-refractivity contribution is 5.88. The molecule has 0 aromatic heterocycles. The highest BCUT2D eigenvalue weighted by Crippen LogP contribution is 2.44. The Morgan fingerprint density at radius 2 is 1.35 bits per heavy atom. The minimum Gasteiger partial charge on any atom is -0.462 e. The van der Waals surface area contributed by atoms with Crippen molar-refractivity contribution in [3.05, 3.63) is 95.6 Å². The Morgan fingerprint density at radius 3 is 1.98 bits per heavy atom. The molecule has 0 fully saturated rings. The number of nitrogens with two attached hydrogens (primary N) is 1. The quantitative estimate of drug-likeness (QED) is 0.111. The van der Waals surface area contributed by atoms with Crippen LogP contribution in [0.4, 0.5) is 4.79 Å². The summed E-state index contributed by atoms with van der Waals surface area (Å²) in [5.74, 6) is -1.57.